The van der Waals surface area contributed by atoms with Crippen LogP contribution in [0.4, 0.5) is 5.82 Å². The number of hydrogen-bond acceptors (Lipinski definition) is 7. The van der Waals surface area contributed by atoms with Crippen LogP contribution in [0.1, 0.15) is 44.9 Å². The maximum absolute atomic E-state index is 6.11. The zero-order valence-corrected chi connectivity index (χ0v) is 20.8. The van der Waals surface area contributed by atoms with Crippen LogP contribution in [-0.4, -0.2) is 39.2 Å². The van der Waals surface area contributed by atoms with E-state index >= 15 is 0 Å². The lowest BCUT2D eigenvalue weighted by atomic mass is 9.97. The Hall–Kier alpha value is -1.59. The van der Waals surface area contributed by atoms with Gasteiger partial charge < -0.3 is 20.4 Å². The largest absolute Gasteiger partial charge is 0.497 e. The molecule has 2 heterocycles. The molecule has 0 atom stereocenters. The van der Waals surface area contributed by atoms with E-state index in [9.17, 15) is 0 Å². The summed E-state index contributed by atoms with van der Waals surface area (Å²) in [4.78, 5) is 14.5. The third-order valence-corrected chi connectivity index (χ3v) is 8.10. The van der Waals surface area contributed by atoms with Gasteiger partial charge in [-0.15, -0.1) is 0 Å². The maximum atomic E-state index is 6.11. The van der Waals surface area contributed by atoms with Crippen LogP contribution >= 0.6 is 34.4 Å². The van der Waals surface area contributed by atoms with Crippen LogP contribution < -0.4 is 15.8 Å². The second-order valence-corrected chi connectivity index (χ2v) is 10.0. The fourth-order valence-electron chi connectivity index (χ4n) is 4.04. The SMILES string of the molecule is COc1ccc(I)c(Sc2nc3c(N)ncnc3n2CCNC2CCCCCCC2)c1. The molecule has 3 N–H and O–H groups in total. The van der Waals surface area contributed by atoms with E-state index in [4.69, 9.17) is 15.5 Å². The van der Waals surface area contributed by atoms with E-state index in [2.05, 4.69) is 48.5 Å². The number of nitrogens with two attached hydrogens (primary N) is 1. The molecule has 0 aliphatic heterocycles. The number of aromatic nitrogens is 4. The van der Waals surface area contributed by atoms with Crippen LogP contribution in [0, 0.1) is 3.57 Å². The molecule has 0 amide bonds. The summed E-state index contributed by atoms with van der Waals surface area (Å²) >= 11 is 3.95. The number of rotatable bonds is 7. The number of fused-ring (bicyclic) bond motifs is 1. The normalized spacial score (nSPS) is 15.7. The molecule has 3 aromatic rings. The molecule has 0 bridgehead atoms. The van der Waals surface area contributed by atoms with Gasteiger partial charge in [0.25, 0.3) is 0 Å². The summed E-state index contributed by atoms with van der Waals surface area (Å²) in [7, 11) is 1.68. The Morgan fingerprint density at radius 2 is 1.97 bits per heavy atom. The van der Waals surface area contributed by atoms with Crippen molar-refractivity contribution in [3.05, 3.63) is 28.1 Å². The smallest absolute Gasteiger partial charge is 0.175 e. The highest BCUT2D eigenvalue weighted by molar-refractivity contribution is 14.1. The number of nitrogens with one attached hydrogen (secondary N) is 1. The summed E-state index contributed by atoms with van der Waals surface area (Å²) < 4.78 is 8.71. The van der Waals surface area contributed by atoms with E-state index in [0.29, 0.717) is 17.4 Å². The molecule has 7 nitrogen and oxygen atoms in total. The van der Waals surface area contributed by atoms with E-state index < -0.39 is 0 Å². The first-order valence-electron chi connectivity index (χ1n) is 10.9. The highest BCUT2D eigenvalue weighted by Crippen LogP contribution is 2.35. The van der Waals surface area contributed by atoms with Crippen LogP contribution in [0.2, 0.25) is 0 Å². The van der Waals surface area contributed by atoms with Gasteiger partial charge in [0, 0.05) is 27.6 Å². The van der Waals surface area contributed by atoms with Gasteiger partial charge in [-0.1, -0.05) is 43.9 Å². The number of nitrogens with zero attached hydrogens (tertiary/aromatic N) is 4. The van der Waals surface area contributed by atoms with E-state index in [1.54, 1.807) is 18.9 Å². The highest BCUT2D eigenvalue weighted by atomic mass is 127. The van der Waals surface area contributed by atoms with E-state index in [0.717, 1.165) is 38.1 Å². The highest BCUT2D eigenvalue weighted by Gasteiger charge is 2.18. The summed E-state index contributed by atoms with van der Waals surface area (Å²) in [6.07, 6.45) is 10.8. The Balaban J connectivity index is 1.56. The first-order chi connectivity index (χ1) is 15.2. The Morgan fingerprint density at radius 1 is 1.19 bits per heavy atom. The van der Waals surface area contributed by atoms with Crippen molar-refractivity contribution in [2.24, 2.45) is 0 Å². The molecule has 9 heteroatoms. The molecule has 31 heavy (non-hydrogen) atoms. The number of benzene rings is 1. The molecule has 2 aromatic heterocycles. The minimum atomic E-state index is 0.416. The fraction of sp³-hybridized carbons (Fsp3) is 0.500. The number of anilines is 1. The summed E-state index contributed by atoms with van der Waals surface area (Å²) in [6.45, 7) is 1.66. The third kappa shape index (κ3) is 5.61. The average molecular weight is 552 g/mol. The number of methoxy groups -OCH3 is 1. The van der Waals surface area contributed by atoms with Gasteiger partial charge in [-0.25, -0.2) is 15.0 Å². The quantitative estimate of drug-likeness (QED) is 0.404. The van der Waals surface area contributed by atoms with Gasteiger partial charge in [0.2, 0.25) is 0 Å². The van der Waals surface area contributed by atoms with Crippen LogP contribution in [-0.2, 0) is 6.54 Å². The Kier molecular flexibility index (Phi) is 7.89. The molecule has 0 saturated heterocycles. The Bertz CT molecular complexity index is 1020. The van der Waals surface area contributed by atoms with Crippen LogP contribution in [0.15, 0.2) is 34.6 Å². The number of hydrogen-bond donors (Lipinski definition) is 2. The molecule has 0 spiro atoms. The summed E-state index contributed by atoms with van der Waals surface area (Å²) in [5.41, 5.74) is 7.56. The predicted molar refractivity (Wildman–Crippen MR) is 134 cm³/mol. The first kappa shape index (κ1) is 22.6. The molecule has 1 saturated carbocycles. The summed E-state index contributed by atoms with van der Waals surface area (Å²) in [5.74, 6) is 1.25. The van der Waals surface area contributed by atoms with Crippen molar-refractivity contribution < 1.29 is 4.74 Å². The minimum Gasteiger partial charge on any atom is -0.497 e. The lowest BCUT2D eigenvalue weighted by Gasteiger charge is -2.21. The van der Waals surface area contributed by atoms with Gasteiger partial charge in [0.05, 0.1) is 7.11 Å². The topological polar surface area (TPSA) is 90.9 Å². The summed E-state index contributed by atoms with van der Waals surface area (Å²) in [6, 6.07) is 6.67. The maximum Gasteiger partial charge on any atom is 0.175 e. The first-order valence-corrected chi connectivity index (χ1v) is 12.8. The predicted octanol–water partition coefficient (Wildman–Crippen LogP) is 4.88. The lowest BCUT2D eigenvalue weighted by molar-refractivity contribution is 0.382. The van der Waals surface area contributed by atoms with Crippen LogP contribution in [0.3, 0.4) is 0 Å². The molecule has 0 unspecified atom stereocenters. The molecule has 1 fully saturated rings. The van der Waals surface area contributed by atoms with Gasteiger partial charge in [0.15, 0.2) is 22.1 Å². The van der Waals surface area contributed by atoms with Gasteiger partial charge >= 0.3 is 0 Å². The molecule has 4 rings (SSSR count). The van der Waals surface area contributed by atoms with Crippen LogP contribution in [0.25, 0.3) is 11.2 Å². The second-order valence-electron chi connectivity index (χ2n) is 7.87. The van der Waals surface area contributed by atoms with Gasteiger partial charge in [0.1, 0.15) is 12.1 Å². The van der Waals surface area contributed by atoms with E-state index in [-0.39, 0.29) is 0 Å². The number of ether oxygens (including phenoxy) is 1. The van der Waals surface area contributed by atoms with Crippen molar-refractivity contribution in [1.82, 2.24) is 24.8 Å². The standard InChI is InChI=1S/C22H29IN6OS/c1-30-16-9-10-17(23)18(13-16)31-22-28-19-20(24)26-14-27-21(19)29(22)12-11-25-15-7-5-3-2-4-6-8-15/h9-10,13-15,25H,2-8,11-12H2,1H3,(H2,24,26,27). The molecular formula is C22H29IN6OS. The zero-order valence-electron chi connectivity index (χ0n) is 17.8. The van der Waals surface area contributed by atoms with E-state index in [1.807, 2.05) is 12.1 Å². The van der Waals surface area contributed by atoms with E-state index in [1.165, 1.54) is 51.3 Å². The third-order valence-electron chi connectivity index (χ3n) is 5.74. The molecule has 0 radical (unpaired) electrons. The molecule has 1 aliphatic rings. The second kappa shape index (κ2) is 10.8. The van der Waals surface area contributed by atoms with Gasteiger partial charge in [-0.2, -0.15) is 0 Å². The fourth-order valence-corrected chi connectivity index (χ4v) is 5.67. The zero-order chi connectivity index (χ0) is 21.6. The molecule has 1 aliphatic carbocycles. The Labute approximate surface area is 201 Å². The molecule has 1 aromatic carbocycles. The van der Waals surface area contributed by atoms with Crippen molar-refractivity contribution in [3.63, 3.8) is 0 Å². The minimum absolute atomic E-state index is 0.416. The number of halogens is 1. The number of imidazole rings is 1. The lowest BCUT2D eigenvalue weighted by Crippen LogP contribution is -2.32. The monoisotopic (exact) mass is 552 g/mol. The number of nitrogen functional groups attached to an aromatic ring is 1. The van der Waals surface area contributed by atoms with Crippen molar-refractivity contribution in [2.75, 3.05) is 19.4 Å². The van der Waals surface area contributed by atoms with Crippen molar-refractivity contribution in [2.45, 2.75) is 67.6 Å². The van der Waals surface area contributed by atoms with Crippen LogP contribution in [0.5, 0.6) is 5.75 Å². The van der Waals surface area contributed by atoms with Crippen molar-refractivity contribution in [1.29, 1.82) is 0 Å². The Morgan fingerprint density at radius 3 is 2.74 bits per heavy atom. The van der Waals surface area contributed by atoms with Gasteiger partial charge in [-0.05, 0) is 53.6 Å². The van der Waals surface area contributed by atoms with Crippen molar-refractivity contribution >= 4 is 51.3 Å². The molecular weight excluding hydrogens is 523 g/mol. The summed E-state index contributed by atoms with van der Waals surface area (Å²) in [5, 5.41) is 4.64. The van der Waals surface area contributed by atoms with Gasteiger partial charge in [-0.3, -0.25) is 0 Å². The van der Waals surface area contributed by atoms with Crippen molar-refractivity contribution in [3.8, 4) is 5.75 Å². The average Bonchev–Trinajstić information content (AvgIpc) is 3.10. The molecule has 166 valence electrons.